The lowest BCUT2D eigenvalue weighted by atomic mass is 10.2. The molecular formula is C9H9NO. The molecule has 1 aromatic heterocycles. The largest absolute Gasteiger partial charge is 0.495 e. The SMILES string of the molecule is C#Cc1c(OC)ccnc1C. The summed E-state index contributed by atoms with van der Waals surface area (Å²) in [5.41, 5.74) is 1.56. The zero-order valence-electron chi connectivity index (χ0n) is 6.59. The van der Waals surface area contributed by atoms with Crippen molar-refractivity contribution < 1.29 is 4.74 Å². The van der Waals surface area contributed by atoms with Gasteiger partial charge in [0.15, 0.2) is 0 Å². The summed E-state index contributed by atoms with van der Waals surface area (Å²) >= 11 is 0. The Morgan fingerprint density at radius 3 is 2.82 bits per heavy atom. The number of ether oxygens (including phenoxy) is 1. The van der Waals surface area contributed by atoms with E-state index in [2.05, 4.69) is 10.9 Å². The zero-order chi connectivity index (χ0) is 8.27. The summed E-state index contributed by atoms with van der Waals surface area (Å²) in [6.45, 7) is 1.86. The van der Waals surface area contributed by atoms with E-state index in [1.54, 1.807) is 19.4 Å². The zero-order valence-corrected chi connectivity index (χ0v) is 6.59. The summed E-state index contributed by atoms with van der Waals surface area (Å²) in [7, 11) is 1.59. The standard InChI is InChI=1S/C9H9NO/c1-4-8-7(2)10-6-5-9(8)11-3/h1,5-6H,2-3H3. The van der Waals surface area contributed by atoms with E-state index in [1.807, 2.05) is 6.92 Å². The van der Waals surface area contributed by atoms with Crippen LogP contribution in [0.5, 0.6) is 5.75 Å². The molecule has 0 bridgehead atoms. The van der Waals surface area contributed by atoms with Crippen LogP contribution in [0.15, 0.2) is 12.3 Å². The summed E-state index contributed by atoms with van der Waals surface area (Å²) in [6.07, 6.45) is 6.93. The van der Waals surface area contributed by atoms with E-state index < -0.39 is 0 Å². The number of terminal acetylenes is 1. The number of pyridine rings is 1. The third kappa shape index (κ3) is 1.32. The number of hydrogen-bond acceptors (Lipinski definition) is 2. The molecule has 0 radical (unpaired) electrons. The molecule has 0 atom stereocenters. The highest BCUT2D eigenvalue weighted by Gasteiger charge is 2.01. The Hall–Kier alpha value is -1.49. The summed E-state index contributed by atoms with van der Waals surface area (Å²) < 4.78 is 5.03. The van der Waals surface area contributed by atoms with Crippen LogP contribution in [0.4, 0.5) is 0 Å². The number of methoxy groups -OCH3 is 1. The number of nitrogens with zero attached hydrogens (tertiary/aromatic N) is 1. The van der Waals surface area contributed by atoms with Crippen molar-refractivity contribution >= 4 is 0 Å². The minimum Gasteiger partial charge on any atom is -0.495 e. The molecule has 0 amide bonds. The van der Waals surface area contributed by atoms with E-state index >= 15 is 0 Å². The molecule has 0 unspecified atom stereocenters. The lowest BCUT2D eigenvalue weighted by Crippen LogP contribution is -1.92. The summed E-state index contributed by atoms with van der Waals surface area (Å²) in [5, 5.41) is 0. The van der Waals surface area contributed by atoms with Gasteiger partial charge in [0.05, 0.1) is 18.4 Å². The lowest BCUT2D eigenvalue weighted by Gasteiger charge is -2.03. The fourth-order valence-electron chi connectivity index (χ4n) is 0.889. The van der Waals surface area contributed by atoms with Crippen molar-refractivity contribution in [1.82, 2.24) is 4.98 Å². The van der Waals surface area contributed by atoms with Gasteiger partial charge in [0, 0.05) is 6.20 Å². The van der Waals surface area contributed by atoms with E-state index in [-0.39, 0.29) is 0 Å². The molecule has 1 rings (SSSR count). The van der Waals surface area contributed by atoms with Gasteiger partial charge in [-0.1, -0.05) is 5.92 Å². The molecule has 0 fully saturated rings. The van der Waals surface area contributed by atoms with Crippen LogP contribution >= 0.6 is 0 Å². The Morgan fingerprint density at radius 1 is 1.64 bits per heavy atom. The van der Waals surface area contributed by atoms with Gasteiger partial charge in [-0.15, -0.1) is 6.42 Å². The van der Waals surface area contributed by atoms with Crippen LogP contribution in [0.25, 0.3) is 0 Å². The van der Waals surface area contributed by atoms with Crippen LogP contribution in [-0.2, 0) is 0 Å². The van der Waals surface area contributed by atoms with Crippen LogP contribution in [-0.4, -0.2) is 12.1 Å². The molecule has 1 aromatic rings. The highest BCUT2D eigenvalue weighted by atomic mass is 16.5. The summed E-state index contributed by atoms with van der Waals surface area (Å²) in [4.78, 5) is 4.04. The van der Waals surface area contributed by atoms with Crippen molar-refractivity contribution in [3.63, 3.8) is 0 Å². The predicted molar refractivity (Wildman–Crippen MR) is 43.5 cm³/mol. The van der Waals surface area contributed by atoms with Crippen LogP contribution in [0.3, 0.4) is 0 Å². The van der Waals surface area contributed by atoms with Crippen molar-refractivity contribution in [2.75, 3.05) is 7.11 Å². The number of aromatic nitrogens is 1. The first-order valence-corrected chi connectivity index (χ1v) is 3.25. The molecule has 0 aliphatic rings. The molecule has 0 aliphatic heterocycles. The Balaban J connectivity index is 3.27. The first-order valence-electron chi connectivity index (χ1n) is 3.25. The van der Waals surface area contributed by atoms with E-state index in [1.165, 1.54) is 0 Å². The Labute approximate surface area is 66.2 Å². The monoisotopic (exact) mass is 147 g/mol. The third-order valence-corrected chi connectivity index (χ3v) is 1.47. The molecule has 0 spiro atoms. The second kappa shape index (κ2) is 3.07. The van der Waals surface area contributed by atoms with Gasteiger partial charge in [-0.05, 0) is 13.0 Å². The topological polar surface area (TPSA) is 22.1 Å². The van der Waals surface area contributed by atoms with Crippen molar-refractivity contribution in [1.29, 1.82) is 0 Å². The predicted octanol–water partition coefficient (Wildman–Crippen LogP) is 1.38. The normalized spacial score (nSPS) is 8.82. The van der Waals surface area contributed by atoms with Crippen molar-refractivity contribution in [3.05, 3.63) is 23.5 Å². The minimum atomic E-state index is 0.708. The Kier molecular flexibility index (Phi) is 2.12. The molecule has 0 saturated heterocycles. The molecule has 0 aliphatic carbocycles. The molecule has 11 heavy (non-hydrogen) atoms. The first-order chi connectivity index (χ1) is 5.29. The van der Waals surface area contributed by atoms with Crippen LogP contribution in [0.2, 0.25) is 0 Å². The van der Waals surface area contributed by atoms with Crippen LogP contribution in [0.1, 0.15) is 11.3 Å². The van der Waals surface area contributed by atoms with Gasteiger partial charge in [-0.2, -0.15) is 0 Å². The fraction of sp³-hybridized carbons (Fsp3) is 0.222. The molecule has 0 N–H and O–H groups in total. The van der Waals surface area contributed by atoms with Crippen molar-refractivity contribution in [2.45, 2.75) is 6.92 Å². The van der Waals surface area contributed by atoms with Gasteiger partial charge in [-0.3, -0.25) is 4.98 Å². The first kappa shape index (κ1) is 7.62. The van der Waals surface area contributed by atoms with Gasteiger partial charge in [0.2, 0.25) is 0 Å². The van der Waals surface area contributed by atoms with E-state index in [0.29, 0.717) is 5.75 Å². The highest BCUT2D eigenvalue weighted by Crippen LogP contribution is 2.17. The van der Waals surface area contributed by atoms with E-state index in [9.17, 15) is 0 Å². The number of hydrogen-bond donors (Lipinski definition) is 0. The van der Waals surface area contributed by atoms with Gasteiger partial charge in [-0.25, -0.2) is 0 Å². The summed E-state index contributed by atoms with van der Waals surface area (Å²) in [5.74, 6) is 3.24. The smallest absolute Gasteiger partial charge is 0.137 e. The van der Waals surface area contributed by atoms with E-state index in [4.69, 9.17) is 11.2 Å². The van der Waals surface area contributed by atoms with Gasteiger partial charge in [0.25, 0.3) is 0 Å². The maximum absolute atomic E-state index is 5.26. The quantitative estimate of drug-likeness (QED) is 0.560. The Morgan fingerprint density at radius 2 is 2.36 bits per heavy atom. The molecule has 0 saturated carbocycles. The fourth-order valence-corrected chi connectivity index (χ4v) is 0.889. The second-order valence-electron chi connectivity index (χ2n) is 2.12. The average molecular weight is 147 g/mol. The van der Waals surface area contributed by atoms with E-state index in [0.717, 1.165) is 11.3 Å². The average Bonchev–Trinajstić information content (AvgIpc) is 2.04. The molecule has 2 heteroatoms. The Bertz CT molecular complexity index is 299. The van der Waals surface area contributed by atoms with Gasteiger partial charge < -0.3 is 4.74 Å². The minimum absolute atomic E-state index is 0.708. The maximum Gasteiger partial charge on any atom is 0.137 e. The maximum atomic E-state index is 5.26. The van der Waals surface area contributed by atoms with Crippen molar-refractivity contribution in [3.8, 4) is 18.1 Å². The van der Waals surface area contributed by atoms with Gasteiger partial charge >= 0.3 is 0 Å². The third-order valence-electron chi connectivity index (χ3n) is 1.47. The molecule has 56 valence electrons. The number of aryl methyl sites for hydroxylation is 1. The lowest BCUT2D eigenvalue weighted by molar-refractivity contribution is 0.412. The van der Waals surface area contributed by atoms with Crippen LogP contribution in [0, 0.1) is 19.3 Å². The molecule has 0 aromatic carbocycles. The van der Waals surface area contributed by atoms with Crippen molar-refractivity contribution in [2.24, 2.45) is 0 Å². The molecule has 1 heterocycles. The number of rotatable bonds is 1. The second-order valence-corrected chi connectivity index (χ2v) is 2.12. The molecular weight excluding hydrogens is 138 g/mol. The van der Waals surface area contributed by atoms with Gasteiger partial charge in [0.1, 0.15) is 5.75 Å². The highest BCUT2D eigenvalue weighted by molar-refractivity contribution is 5.46. The van der Waals surface area contributed by atoms with Crippen LogP contribution < -0.4 is 4.74 Å². The molecule has 2 nitrogen and oxygen atoms in total. The summed E-state index contributed by atoms with van der Waals surface area (Å²) in [6, 6.07) is 1.75.